The average Bonchev–Trinajstić information content (AvgIpc) is 1.85. The average molecular weight is 190 g/mol. The Morgan fingerprint density at radius 3 is 1.75 bits per heavy atom. The Kier molecular flexibility index (Phi) is 3.47. The number of halogens is 5. The Bertz CT molecular complexity index is 137. The Morgan fingerprint density at radius 2 is 1.50 bits per heavy atom. The fourth-order valence-corrected chi connectivity index (χ4v) is 0.894. The van der Waals surface area contributed by atoms with E-state index in [9.17, 15) is 22.0 Å². The van der Waals surface area contributed by atoms with Crippen LogP contribution in [-0.4, -0.2) is 12.1 Å². The molecule has 74 valence electrons. The van der Waals surface area contributed by atoms with Crippen molar-refractivity contribution >= 4 is 0 Å². The zero-order valence-electron chi connectivity index (χ0n) is 6.88. The highest BCUT2D eigenvalue weighted by atomic mass is 19.4. The molecule has 12 heavy (non-hydrogen) atoms. The van der Waals surface area contributed by atoms with Crippen molar-refractivity contribution in [2.75, 3.05) is 0 Å². The second-order valence-corrected chi connectivity index (χ2v) is 2.81. The van der Waals surface area contributed by atoms with Crippen molar-refractivity contribution in [1.29, 1.82) is 0 Å². The largest absolute Gasteiger partial charge is 0.453 e. The summed E-state index contributed by atoms with van der Waals surface area (Å²) < 4.78 is 59.7. The normalized spacial score (nSPS) is 16.2. The molecule has 0 saturated carbocycles. The minimum absolute atomic E-state index is 0.119. The van der Waals surface area contributed by atoms with Gasteiger partial charge in [-0.3, -0.25) is 0 Å². The van der Waals surface area contributed by atoms with E-state index in [1.165, 1.54) is 0 Å². The number of hydrogen-bond donors (Lipinski definition) is 0. The van der Waals surface area contributed by atoms with E-state index in [1.807, 2.05) is 0 Å². The van der Waals surface area contributed by atoms with Gasteiger partial charge in [-0.1, -0.05) is 20.3 Å². The summed E-state index contributed by atoms with van der Waals surface area (Å²) >= 11 is 0. The lowest BCUT2D eigenvalue weighted by molar-refractivity contribution is -0.301. The van der Waals surface area contributed by atoms with Crippen molar-refractivity contribution in [3.8, 4) is 0 Å². The van der Waals surface area contributed by atoms with Crippen LogP contribution in [0.1, 0.15) is 26.7 Å². The Hall–Kier alpha value is -0.350. The molecule has 0 spiro atoms. The van der Waals surface area contributed by atoms with Crippen LogP contribution in [0.15, 0.2) is 0 Å². The number of hydrogen-bond acceptors (Lipinski definition) is 0. The first-order chi connectivity index (χ1) is 5.23. The zero-order chi connectivity index (χ0) is 9.99. The molecule has 0 aromatic carbocycles. The first kappa shape index (κ1) is 11.6. The molecule has 0 aromatic rings. The third-order valence-electron chi connectivity index (χ3n) is 1.72. The van der Waals surface area contributed by atoms with Crippen LogP contribution in [0.5, 0.6) is 0 Å². The van der Waals surface area contributed by atoms with E-state index in [0.29, 0.717) is 6.42 Å². The highest BCUT2D eigenvalue weighted by Gasteiger charge is 2.60. The van der Waals surface area contributed by atoms with Gasteiger partial charge in [-0.05, 0) is 6.42 Å². The van der Waals surface area contributed by atoms with Crippen molar-refractivity contribution < 1.29 is 22.0 Å². The smallest absolute Gasteiger partial charge is 0.196 e. The third kappa shape index (κ3) is 2.32. The van der Waals surface area contributed by atoms with Gasteiger partial charge in [0.25, 0.3) is 0 Å². The molecule has 0 rings (SSSR count). The minimum Gasteiger partial charge on any atom is -0.196 e. The van der Waals surface area contributed by atoms with E-state index in [2.05, 4.69) is 0 Å². The highest BCUT2D eigenvalue weighted by molar-refractivity contribution is 4.81. The molecule has 0 radical (unpaired) electrons. The minimum atomic E-state index is -5.42. The summed E-state index contributed by atoms with van der Waals surface area (Å²) in [5.41, 5.74) is 0. The van der Waals surface area contributed by atoms with Crippen LogP contribution in [0.4, 0.5) is 22.0 Å². The molecule has 0 heterocycles. The summed E-state index contributed by atoms with van der Waals surface area (Å²) in [7, 11) is 0. The Balaban J connectivity index is 4.38. The highest BCUT2D eigenvalue weighted by Crippen LogP contribution is 2.42. The summed E-state index contributed by atoms with van der Waals surface area (Å²) in [6, 6.07) is 0. The van der Waals surface area contributed by atoms with Gasteiger partial charge in [-0.25, -0.2) is 0 Å². The molecular formula is C7H11F5. The van der Waals surface area contributed by atoms with Crippen LogP contribution in [-0.2, 0) is 0 Å². The van der Waals surface area contributed by atoms with Gasteiger partial charge in [-0.15, -0.1) is 0 Å². The fraction of sp³-hybridized carbons (Fsp3) is 1.00. The van der Waals surface area contributed by atoms with E-state index < -0.39 is 18.0 Å². The molecule has 0 amide bonds. The molecule has 0 aliphatic rings. The Morgan fingerprint density at radius 1 is 1.08 bits per heavy atom. The van der Waals surface area contributed by atoms with Gasteiger partial charge in [-0.2, -0.15) is 22.0 Å². The summed E-state index contributed by atoms with van der Waals surface area (Å²) in [5.74, 6) is -6.19. The molecule has 1 unspecified atom stereocenters. The van der Waals surface area contributed by atoms with E-state index in [0.717, 1.165) is 6.92 Å². The van der Waals surface area contributed by atoms with Crippen LogP contribution in [0.3, 0.4) is 0 Å². The van der Waals surface area contributed by atoms with E-state index in [-0.39, 0.29) is 6.42 Å². The molecular weight excluding hydrogens is 179 g/mol. The summed E-state index contributed by atoms with van der Waals surface area (Å²) in [6.07, 6.45) is -5.21. The predicted molar refractivity (Wildman–Crippen MR) is 35.1 cm³/mol. The quantitative estimate of drug-likeness (QED) is 0.596. The lowest BCUT2D eigenvalue weighted by atomic mass is 9.98. The van der Waals surface area contributed by atoms with Gasteiger partial charge in [0, 0.05) is 5.92 Å². The van der Waals surface area contributed by atoms with E-state index >= 15 is 0 Å². The maximum Gasteiger partial charge on any atom is 0.453 e. The van der Waals surface area contributed by atoms with Gasteiger partial charge in [0.05, 0.1) is 0 Å². The molecule has 0 aromatic heterocycles. The molecule has 0 aliphatic heterocycles. The maximum absolute atomic E-state index is 12.4. The molecule has 0 bridgehead atoms. The molecule has 0 saturated heterocycles. The predicted octanol–water partition coefficient (Wildman–Crippen LogP) is 3.62. The lowest BCUT2D eigenvalue weighted by Crippen LogP contribution is -2.42. The van der Waals surface area contributed by atoms with Crippen molar-refractivity contribution in [2.24, 2.45) is 5.92 Å². The van der Waals surface area contributed by atoms with Crippen molar-refractivity contribution in [3.05, 3.63) is 0 Å². The van der Waals surface area contributed by atoms with Gasteiger partial charge < -0.3 is 0 Å². The monoisotopic (exact) mass is 190 g/mol. The summed E-state index contributed by atoms with van der Waals surface area (Å²) in [5, 5.41) is 0. The molecule has 0 aliphatic carbocycles. The number of alkyl halides is 5. The topological polar surface area (TPSA) is 0 Å². The molecule has 0 N–H and O–H groups in total. The Labute approximate surface area is 67.8 Å². The molecule has 0 nitrogen and oxygen atoms in total. The van der Waals surface area contributed by atoms with Crippen LogP contribution in [0.25, 0.3) is 0 Å². The van der Waals surface area contributed by atoms with E-state index in [4.69, 9.17) is 0 Å². The van der Waals surface area contributed by atoms with Gasteiger partial charge in [0.2, 0.25) is 0 Å². The zero-order valence-corrected chi connectivity index (χ0v) is 6.88. The van der Waals surface area contributed by atoms with Crippen LogP contribution in [0.2, 0.25) is 0 Å². The number of rotatable bonds is 3. The van der Waals surface area contributed by atoms with Crippen molar-refractivity contribution in [2.45, 2.75) is 38.8 Å². The molecule has 1 atom stereocenters. The standard InChI is InChI=1S/C7H11F5/c1-3-4-5(2)6(8,9)7(10,11)12/h5H,3-4H2,1-2H3. The van der Waals surface area contributed by atoms with Crippen molar-refractivity contribution in [1.82, 2.24) is 0 Å². The van der Waals surface area contributed by atoms with Crippen molar-refractivity contribution in [3.63, 3.8) is 0 Å². The maximum atomic E-state index is 12.4. The van der Waals surface area contributed by atoms with E-state index in [1.54, 1.807) is 6.92 Å². The second kappa shape index (κ2) is 3.58. The van der Waals surface area contributed by atoms with Crippen LogP contribution in [0, 0.1) is 5.92 Å². The molecule has 5 heteroatoms. The summed E-state index contributed by atoms with van der Waals surface area (Å²) in [6.45, 7) is 2.49. The van der Waals surface area contributed by atoms with Gasteiger partial charge >= 0.3 is 12.1 Å². The van der Waals surface area contributed by atoms with Gasteiger partial charge in [0.1, 0.15) is 0 Å². The molecule has 0 fully saturated rings. The van der Waals surface area contributed by atoms with Crippen LogP contribution < -0.4 is 0 Å². The first-order valence-corrected chi connectivity index (χ1v) is 3.68. The summed E-state index contributed by atoms with van der Waals surface area (Å²) in [4.78, 5) is 0. The van der Waals surface area contributed by atoms with Crippen LogP contribution >= 0.6 is 0 Å². The lowest BCUT2D eigenvalue weighted by Gasteiger charge is -2.25. The van der Waals surface area contributed by atoms with Gasteiger partial charge in [0.15, 0.2) is 0 Å². The first-order valence-electron chi connectivity index (χ1n) is 3.68. The second-order valence-electron chi connectivity index (χ2n) is 2.81. The fourth-order valence-electron chi connectivity index (χ4n) is 0.894. The third-order valence-corrected chi connectivity index (χ3v) is 1.72. The SMILES string of the molecule is CCCC(C)C(F)(F)C(F)(F)F.